The smallest absolute Gasteiger partial charge is 0.305 e. The van der Waals surface area contributed by atoms with Crippen LogP contribution in [0.5, 0.6) is 0 Å². The van der Waals surface area contributed by atoms with Crippen molar-refractivity contribution in [2.45, 2.75) is 32.7 Å². The van der Waals surface area contributed by atoms with Crippen LogP contribution in [0.2, 0.25) is 5.02 Å². The summed E-state index contributed by atoms with van der Waals surface area (Å²) >= 11 is 6.32. The van der Waals surface area contributed by atoms with Crippen molar-refractivity contribution < 1.29 is 27.5 Å². The van der Waals surface area contributed by atoms with Crippen LogP contribution in [0.1, 0.15) is 36.9 Å². The van der Waals surface area contributed by atoms with Gasteiger partial charge in [0.25, 0.3) is 0 Å². The van der Waals surface area contributed by atoms with Crippen molar-refractivity contribution in [3.8, 4) is 0 Å². The Bertz CT molecular complexity index is 1010. The van der Waals surface area contributed by atoms with Gasteiger partial charge in [0.1, 0.15) is 6.61 Å². The van der Waals surface area contributed by atoms with Crippen LogP contribution in [0.4, 0.5) is 0 Å². The molecule has 1 unspecified atom stereocenters. The third-order valence-electron chi connectivity index (χ3n) is 5.58. The van der Waals surface area contributed by atoms with E-state index in [4.69, 9.17) is 21.1 Å². The number of Topliss-reactive ketones (excluding diaryl/α,β-unsaturated/α-hetero) is 1. The molecule has 0 spiro atoms. The summed E-state index contributed by atoms with van der Waals surface area (Å²) in [5.74, 6) is -0.655. The van der Waals surface area contributed by atoms with Crippen molar-refractivity contribution in [1.82, 2.24) is 13.9 Å². The van der Waals surface area contributed by atoms with Crippen molar-refractivity contribution in [2.75, 3.05) is 46.0 Å². The zero-order chi connectivity index (χ0) is 24.0. The van der Waals surface area contributed by atoms with Gasteiger partial charge in [0.05, 0.1) is 19.3 Å². The Hall–Kier alpha value is -1.98. The van der Waals surface area contributed by atoms with Gasteiger partial charge in [-0.15, -0.1) is 0 Å². The number of morpholine rings is 1. The summed E-state index contributed by atoms with van der Waals surface area (Å²) in [4.78, 5) is 26.5. The number of halogens is 1. The minimum Gasteiger partial charge on any atom is -0.464 e. The molecule has 0 aliphatic carbocycles. The van der Waals surface area contributed by atoms with Crippen molar-refractivity contribution in [3.63, 3.8) is 0 Å². The molecule has 2 heterocycles. The van der Waals surface area contributed by atoms with E-state index < -0.39 is 16.3 Å². The number of carbonyl (C=O) groups excluding carboxylic acids is 2. The van der Waals surface area contributed by atoms with Gasteiger partial charge in [0.15, 0.2) is 5.78 Å². The maximum atomic E-state index is 12.8. The third kappa shape index (κ3) is 7.00. The number of esters is 1. The van der Waals surface area contributed by atoms with Crippen LogP contribution in [0.25, 0.3) is 0 Å². The molecule has 1 aromatic rings. The van der Waals surface area contributed by atoms with Gasteiger partial charge in [-0.05, 0) is 37.5 Å². The largest absolute Gasteiger partial charge is 0.464 e. The first-order valence-corrected chi connectivity index (χ1v) is 12.7. The van der Waals surface area contributed by atoms with Gasteiger partial charge in [-0.25, -0.2) is 0 Å². The number of aryl methyl sites for hydroxylation is 1. The molecule has 1 fully saturated rings. The van der Waals surface area contributed by atoms with Crippen molar-refractivity contribution in [2.24, 2.45) is 0 Å². The van der Waals surface area contributed by atoms with Gasteiger partial charge in [-0.2, -0.15) is 13.1 Å². The number of nitrogens with zero attached hydrogens (tertiary/aromatic N) is 2. The normalized spacial score (nSPS) is 20.9. The topological polar surface area (TPSA) is 105 Å². The molecule has 1 aromatic carbocycles. The summed E-state index contributed by atoms with van der Waals surface area (Å²) < 4.78 is 39.8. The average Bonchev–Trinajstić information content (AvgIpc) is 2.75. The molecule has 9 nitrogen and oxygen atoms in total. The highest BCUT2D eigenvalue weighted by Gasteiger charge is 2.35. The number of hydrogen-bond donors (Lipinski definition) is 1. The van der Waals surface area contributed by atoms with E-state index in [0.29, 0.717) is 30.3 Å². The molecule has 0 radical (unpaired) electrons. The fourth-order valence-corrected chi connectivity index (χ4v) is 5.37. The van der Waals surface area contributed by atoms with Gasteiger partial charge in [-0.3, -0.25) is 18.8 Å². The summed E-state index contributed by atoms with van der Waals surface area (Å²) in [5, 5.41) is 0.378. The summed E-state index contributed by atoms with van der Waals surface area (Å²) in [6, 6.07) is 4.37. The van der Waals surface area contributed by atoms with E-state index in [0.717, 1.165) is 23.0 Å². The van der Waals surface area contributed by atoms with Gasteiger partial charge in [0, 0.05) is 49.4 Å². The number of nitrogens with one attached hydrogen (secondary N) is 1. The second-order valence-electron chi connectivity index (χ2n) is 8.11. The first kappa shape index (κ1) is 25.6. The lowest BCUT2D eigenvalue weighted by Gasteiger charge is -2.32. The molecule has 1 N–H and O–H groups in total. The zero-order valence-corrected chi connectivity index (χ0v) is 20.5. The van der Waals surface area contributed by atoms with Crippen LogP contribution in [-0.2, 0) is 29.3 Å². The maximum Gasteiger partial charge on any atom is 0.305 e. The molecule has 0 amide bonds. The highest BCUT2D eigenvalue weighted by atomic mass is 35.5. The fraction of sp³-hybridized carbons (Fsp3) is 0.545. The number of rotatable bonds is 9. The molecule has 0 saturated carbocycles. The standard InChI is InChI=1S/C22H30ClN3O6S/c1-16-5-6-18(20(23)14-16)22-19(17(2)27)15-26(33(29,30)24-22)7-3-4-21(28)32-13-10-25-8-11-31-12-9-25/h5-6,14-15,22,24H,3-4,7-13H2,1-2H3. The predicted molar refractivity (Wildman–Crippen MR) is 124 cm³/mol. The van der Waals surface area contributed by atoms with Crippen molar-refractivity contribution in [1.29, 1.82) is 0 Å². The van der Waals surface area contributed by atoms with Crippen LogP contribution < -0.4 is 4.72 Å². The summed E-state index contributed by atoms with van der Waals surface area (Å²) in [6.07, 6.45) is 1.67. The molecule has 0 aromatic heterocycles. The van der Waals surface area contributed by atoms with Crippen LogP contribution in [0.3, 0.4) is 0 Å². The van der Waals surface area contributed by atoms with E-state index in [1.54, 1.807) is 12.1 Å². The lowest BCUT2D eigenvalue weighted by Crippen LogP contribution is -2.46. The Morgan fingerprint density at radius 1 is 1.24 bits per heavy atom. The number of benzene rings is 1. The number of hydrogen-bond acceptors (Lipinski definition) is 7. The summed E-state index contributed by atoms with van der Waals surface area (Å²) in [5.41, 5.74) is 1.72. The van der Waals surface area contributed by atoms with Crippen molar-refractivity contribution in [3.05, 3.63) is 46.1 Å². The fourth-order valence-electron chi connectivity index (χ4n) is 3.72. The Labute approximate surface area is 199 Å². The van der Waals surface area contributed by atoms with Gasteiger partial charge in [0.2, 0.25) is 0 Å². The molecule has 1 saturated heterocycles. The van der Waals surface area contributed by atoms with Gasteiger partial charge in [-0.1, -0.05) is 23.7 Å². The van der Waals surface area contributed by atoms with Crippen LogP contribution in [-0.4, -0.2) is 75.4 Å². The molecule has 182 valence electrons. The van der Waals surface area contributed by atoms with Crippen LogP contribution in [0.15, 0.2) is 30.0 Å². The van der Waals surface area contributed by atoms with Crippen LogP contribution >= 0.6 is 11.6 Å². The Balaban J connectivity index is 1.58. The molecular formula is C22H30ClN3O6S. The molecule has 11 heteroatoms. The van der Waals surface area contributed by atoms with E-state index >= 15 is 0 Å². The molecule has 1 atom stereocenters. The number of ether oxygens (including phenoxy) is 2. The van der Waals surface area contributed by atoms with Gasteiger partial charge < -0.3 is 9.47 Å². The monoisotopic (exact) mass is 499 g/mol. The quantitative estimate of drug-likeness (QED) is 0.518. The minimum atomic E-state index is -3.92. The second kappa shape index (κ2) is 11.4. The average molecular weight is 500 g/mol. The maximum absolute atomic E-state index is 12.8. The SMILES string of the molecule is CC(=O)C1=CN(CCCC(=O)OCCN2CCOCC2)S(=O)(=O)NC1c1ccc(C)cc1Cl. The Morgan fingerprint density at radius 2 is 1.97 bits per heavy atom. The van der Waals surface area contributed by atoms with Gasteiger partial charge >= 0.3 is 16.2 Å². The number of carbonyl (C=O) groups is 2. The molecule has 3 rings (SSSR count). The lowest BCUT2D eigenvalue weighted by molar-refractivity contribution is -0.144. The van der Waals surface area contributed by atoms with E-state index in [1.165, 1.54) is 13.1 Å². The first-order chi connectivity index (χ1) is 15.7. The summed E-state index contributed by atoms with van der Waals surface area (Å²) in [7, 11) is -3.92. The molecule has 2 aliphatic heterocycles. The molecule has 0 bridgehead atoms. The molecule has 2 aliphatic rings. The Morgan fingerprint density at radius 3 is 2.64 bits per heavy atom. The minimum absolute atomic E-state index is 0.0407. The highest BCUT2D eigenvalue weighted by Crippen LogP contribution is 2.33. The summed E-state index contributed by atoms with van der Waals surface area (Å²) in [6.45, 7) is 7.22. The number of ketones is 1. The highest BCUT2D eigenvalue weighted by molar-refractivity contribution is 7.87. The van der Waals surface area contributed by atoms with E-state index in [2.05, 4.69) is 9.62 Å². The Kier molecular flexibility index (Phi) is 8.88. The second-order valence-corrected chi connectivity index (χ2v) is 10.2. The van der Waals surface area contributed by atoms with E-state index in [9.17, 15) is 18.0 Å². The van der Waals surface area contributed by atoms with Crippen molar-refractivity contribution >= 4 is 33.6 Å². The molecular weight excluding hydrogens is 470 g/mol. The van der Waals surface area contributed by atoms with Crippen LogP contribution in [0, 0.1) is 6.92 Å². The van der Waals surface area contributed by atoms with E-state index in [-0.39, 0.29) is 43.3 Å². The lowest BCUT2D eigenvalue weighted by atomic mass is 9.96. The predicted octanol–water partition coefficient (Wildman–Crippen LogP) is 1.97. The first-order valence-electron chi connectivity index (χ1n) is 10.9. The molecule has 33 heavy (non-hydrogen) atoms. The zero-order valence-electron chi connectivity index (χ0n) is 18.9. The third-order valence-corrected chi connectivity index (χ3v) is 7.34. The van der Waals surface area contributed by atoms with E-state index in [1.807, 2.05) is 13.0 Å².